The standard InChI is InChI=1S/C16H10INO2S/c17-12-6-4-5-11(9-12)10-14-15(19)18(16(20)21-14)13-7-2-1-3-8-13/h1-10H. The first-order chi connectivity index (χ1) is 10.1. The van der Waals surface area contributed by atoms with Crippen LogP contribution in [0.3, 0.4) is 0 Å². The van der Waals surface area contributed by atoms with E-state index in [9.17, 15) is 9.59 Å². The third kappa shape index (κ3) is 3.03. The van der Waals surface area contributed by atoms with Crippen LogP contribution in [0.1, 0.15) is 5.56 Å². The van der Waals surface area contributed by atoms with E-state index in [1.54, 1.807) is 18.2 Å². The van der Waals surface area contributed by atoms with Crippen molar-refractivity contribution in [2.45, 2.75) is 0 Å². The fraction of sp³-hybridized carbons (Fsp3) is 0. The molecule has 21 heavy (non-hydrogen) atoms. The summed E-state index contributed by atoms with van der Waals surface area (Å²) in [4.78, 5) is 26.2. The summed E-state index contributed by atoms with van der Waals surface area (Å²) >= 11 is 3.19. The van der Waals surface area contributed by atoms with Crippen molar-refractivity contribution in [3.63, 3.8) is 0 Å². The van der Waals surface area contributed by atoms with Crippen LogP contribution in [0.5, 0.6) is 0 Å². The Morgan fingerprint density at radius 3 is 2.48 bits per heavy atom. The lowest BCUT2D eigenvalue weighted by Gasteiger charge is -2.11. The highest BCUT2D eigenvalue weighted by molar-refractivity contribution is 14.1. The lowest BCUT2D eigenvalue weighted by atomic mass is 10.2. The minimum Gasteiger partial charge on any atom is -0.268 e. The van der Waals surface area contributed by atoms with E-state index in [1.807, 2.05) is 42.5 Å². The smallest absolute Gasteiger partial charge is 0.268 e. The van der Waals surface area contributed by atoms with E-state index in [1.165, 1.54) is 4.90 Å². The van der Waals surface area contributed by atoms with E-state index in [0.29, 0.717) is 10.6 Å². The normalized spacial score (nSPS) is 16.8. The molecule has 3 rings (SSSR count). The van der Waals surface area contributed by atoms with Gasteiger partial charge in [0.2, 0.25) is 0 Å². The maximum absolute atomic E-state index is 12.4. The first-order valence-electron chi connectivity index (χ1n) is 6.24. The monoisotopic (exact) mass is 407 g/mol. The maximum atomic E-state index is 12.4. The summed E-state index contributed by atoms with van der Waals surface area (Å²) in [5.74, 6) is -0.268. The predicted molar refractivity (Wildman–Crippen MR) is 94.1 cm³/mol. The van der Waals surface area contributed by atoms with Crippen LogP contribution in [-0.4, -0.2) is 11.1 Å². The quantitative estimate of drug-likeness (QED) is 0.542. The second-order valence-electron chi connectivity index (χ2n) is 4.41. The molecule has 1 aliphatic heterocycles. The molecule has 1 aliphatic rings. The lowest BCUT2D eigenvalue weighted by molar-refractivity contribution is -0.113. The first-order valence-corrected chi connectivity index (χ1v) is 8.13. The van der Waals surface area contributed by atoms with Crippen molar-refractivity contribution in [1.29, 1.82) is 0 Å². The summed E-state index contributed by atoms with van der Waals surface area (Å²) in [5, 5.41) is -0.261. The first kappa shape index (κ1) is 14.3. The summed E-state index contributed by atoms with van der Waals surface area (Å²) in [5.41, 5.74) is 1.52. The van der Waals surface area contributed by atoms with Gasteiger partial charge in [-0.25, -0.2) is 4.90 Å². The molecular weight excluding hydrogens is 397 g/mol. The minimum absolute atomic E-state index is 0.261. The molecule has 0 aliphatic carbocycles. The van der Waals surface area contributed by atoms with Crippen LogP contribution in [-0.2, 0) is 4.79 Å². The van der Waals surface area contributed by atoms with E-state index in [0.717, 1.165) is 20.9 Å². The van der Waals surface area contributed by atoms with Crippen LogP contribution in [0.15, 0.2) is 59.5 Å². The maximum Gasteiger partial charge on any atom is 0.298 e. The van der Waals surface area contributed by atoms with Gasteiger partial charge in [0.1, 0.15) is 0 Å². The number of anilines is 1. The molecule has 0 radical (unpaired) electrons. The minimum atomic E-state index is -0.268. The number of benzene rings is 2. The molecule has 5 heteroatoms. The summed E-state index contributed by atoms with van der Waals surface area (Å²) in [6.45, 7) is 0. The molecule has 0 spiro atoms. The molecule has 0 N–H and O–H groups in total. The SMILES string of the molecule is O=C1SC(=Cc2cccc(I)c2)C(=O)N1c1ccccc1. The van der Waals surface area contributed by atoms with Crippen LogP contribution < -0.4 is 4.90 Å². The van der Waals surface area contributed by atoms with Crippen molar-refractivity contribution >= 4 is 57.3 Å². The third-order valence-corrected chi connectivity index (χ3v) is 4.50. The Morgan fingerprint density at radius 1 is 1.00 bits per heavy atom. The topological polar surface area (TPSA) is 37.4 Å². The van der Waals surface area contributed by atoms with Gasteiger partial charge in [-0.15, -0.1) is 0 Å². The van der Waals surface area contributed by atoms with E-state index >= 15 is 0 Å². The van der Waals surface area contributed by atoms with Gasteiger partial charge in [0, 0.05) is 3.57 Å². The molecule has 0 atom stereocenters. The summed E-state index contributed by atoms with van der Waals surface area (Å²) in [6, 6.07) is 16.8. The molecule has 1 saturated heterocycles. The summed E-state index contributed by atoms with van der Waals surface area (Å²) in [7, 11) is 0. The molecule has 1 fully saturated rings. The van der Waals surface area contributed by atoms with Crippen molar-refractivity contribution in [3.05, 3.63) is 68.6 Å². The van der Waals surface area contributed by atoms with Gasteiger partial charge in [0.05, 0.1) is 10.6 Å². The number of carbonyl (C=O) groups is 2. The van der Waals surface area contributed by atoms with Gasteiger partial charge in [-0.05, 0) is 70.3 Å². The van der Waals surface area contributed by atoms with Gasteiger partial charge in [-0.1, -0.05) is 30.3 Å². The van der Waals surface area contributed by atoms with Crippen molar-refractivity contribution in [2.75, 3.05) is 4.90 Å². The fourth-order valence-electron chi connectivity index (χ4n) is 2.02. The van der Waals surface area contributed by atoms with Crippen molar-refractivity contribution < 1.29 is 9.59 Å². The Labute approximate surface area is 140 Å². The number of amides is 2. The summed E-state index contributed by atoms with van der Waals surface area (Å²) < 4.78 is 1.09. The van der Waals surface area contributed by atoms with Crippen molar-refractivity contribution in [2.24, 2.45) is 0 Å². The zero-order valence-electron chi connectivity index (χ0n) is 10.8. The highest BCUT2D eigenvalue weighted by Gasteiger charge is 2.36. The van der Waals surface area contributed by atoms with Gasteiger partial charge in [-0.3, -0.25) is 9.59 Å². The Hall–Kier alpha value is -1.60. The Kier molecular flexibility index (Phi) is 4.12. The van der Waals surface area contributed by atoms with E-state index in [2.05, 4.69) is 22.6 Å². The number of rotatable bonds is 2. The molecule has 0 saturated carbocycles. The van der Waals surface area contributed by atoms with Crippen LogP contribution >= 0.6 is 34.4 Å². The molecular formula is C16H10INO2S. The van der Waals surface area contributed by atoms with Crippen LogP contribution in [0.2, 0.25) is 0 Å². The Bertz CT molecular complexity index is 743. The molecule has 1 heterocycles. The average Bonchev–Trinajstić information content (AvgIpc) is 2.74. The lowest BCUT2D eigenvalue weighted by Crippen LogP contribution is -2.27. The van der Waals surface area contributed by atoms with Gasteiger partial charge in [0.25, 0.3) is 11.1 Å². The van der Waals surface area contributed by atoms with Crippen LogP contribution in [0.25, 0.3) is 6.08 Å². The third-order valence-electron chi connectivity index (χ3n) is 2.95. The number of nitrogens with zero attached hydrogens (tertiary/aromatic N) is 1. The van der Waals surface area contributed by atoms with E-state index < -0.39 is 0 Å². The van der Waals surface area contributed by atoms with Gasteiger partial charge >= 0.3 is 0 Å². The molecule has 2 aromatic carbocycles. The largest absolute Gasteiger partial charge is 0.298 e. The number of carbonyl (C=O) groups excluding carboxylic acids is 2. The molecule has 0 aromatic heterocycles. The van der Waals surface area contributed by atoms with E-state index in [4.69, 9.17) is 0 Å². The number of imide groups is 1. The predicted octanol–water partition coefficient (Wildman–Crippen LogP) is 4.53. The molecule has 3 nitrogen and oxygen atoms in total. The fourth-order valence-corrected chi connectivity index (χ4v) is 3.42. The highest BCUT2D eigenvalue weighted by atomic mass is 127. The number of hydrogen-bond acceptors (Lipinski definition) is 3. The molecule has 104 valence electrons. The number of halogens is 1. The summed E-state index contributed by atoms with van der Waals surface area (Å²) in [6.07, 6.45) is 1.76. The van der Waals surface area contributed by atoms with Crippen molar-refractivity contribution in [1.82, 2.24) is 0 Å². The molecule has 2 amide bonds. The number of thioether (sulfide) groups is 1. The zero-order chi connectivity index (χ0) is 14.8. The van der Waals surface area contributed by atoms with Gasteiger partial charge in [-0.2, -0.15) is 0 Å². The average molecular weight is 407 g/mol. The second kappa shape index (κ2) is 6.03. The van der Waals surface area contributed by atoms with Gasteiger partial charge < -0.3 is 0 Å². The molecule has 2 aromatic rings. The van der Waals surface area contributed by atoms with Gasteiger partial charge in [0.15, 0.2) is 0 Å². The van der Waals surface area contributed by atoms with Crippen LogP contribution in [0, 0.1) is 3.57 Å². The van der Waals surface area contributed by atoms with Crippen LogP contribution in [0.4, 0.5) is 10.5 Å². The van der Waals surface area contributed by atoms with Crippen molar-refractivity contribution in [3.8, 4) is 0 Å². The number of hydrogen-bond donors (Lipinski definition) is 0. The number of para-hydroxylation sites is 1. The highest BCUT2D eigenvalue weighted by Crippen LogP contribution is 2.35. The Morgan fingerprint density at radius 2 is 1.76 bits per heavy atom. The zero-order valence-corrected chi connectivity index (χ0v) is 13.8. The molecule has 0 bridgehead atoms. The van der Waals surface area contributed by atoms with E-state index in [-0.39, 0.29) is 11.1 Å². The Balaban J connectivity index is 1.94. The second-order valence-corrected chi connectivity index (χ2v) is 6.65. The molecule has 0 unspecified atom stereocenters.